The van der Waals surface area contributed by atoms with Crippen LogP contribution in [-0.4, -0.2) is 12.9 Å². The fraction of sp³-hybridized carbons (Fsp3) is 0.364. The molecule has 0 N–H and O–H groups in total. The Morgan fingerprint density at radius 2 is 2.21 bits per heavy atom. The second-order valence-corrected chi connectivity index (χ2v) is 3.63. The number of hydrogen-bond acceptors (Lipinski definition) is 3. The van der Waals surface area contributed by atoms with Crippen LogP contribution in [0.15, 0.2) is 23.1 Å². The molecule has 1 rings (SSSR count). The third kappa shape index (κ3) is 2.77. The largest absolute Gasteiger partial charge is 0.494 e. The summed E-state index contributed by atoms with van der Waals surface area (Å²) in [6.07, 6.45) is 0.915. The molecule has 14 heavy (non-hydrogen) atoms. The molecular formula is C11H14O2S. The van der Waals surface area contributed by atoms with Crippen LogP contribution in [0.1, 0.15) is 25.3 Å². The van der Waals surface area contributed by atoms with Crippen molar-refractivity contribution < 1.29 is 9.53 Å². The van der Waals surface area contributed by atoms with E-state index in [1.54, 1.807) is 0 Å². The Morgan fingerprint density at radius 1 is 1.50 bits per heavy atom. The summed E-state index contributed by atoms with van der Waals surface area (Å²) in [5.74, 6) is 0.657. The van der Waals surface area contributed by atoms with E-state index < -0.39 is 0 Å². The third-order valence-corrected chi connectivity index (χ3v) is 2.21. The number of carbonyl (C=O) groups is 1. The average Bonchev–Trinajstić information content (AvgIpc) is 2.16. The maximum atomic E-state index is 10.6. The highest BCUT2D eigenvalue weighted by Gasteiger charge is 2.06. The second kappa shape index (κ2) is 5.05. The maximum Gasteiger partial charge on any atom is 0.127 e. The number of aldehydes is 1. The second-order valence-electron chi connectivity index (χ2n) is 3.12. The summed E-state index contributed by atoms with van der Waals surface area (Å²) in [4.78, 5) is 11.4. The van der Waals surface area contributed by atoms with Gasteiger partial charge in [0.1, 0.15) is 12.0 Å². The van der Waals surface area contributed by atoms with Crippen LogP contribution < -0.4 is 4.74 Å². The van der Waals surface area contributed by atoms with Crippen LogP contribution in [0.25, 0.3) is 0 Å². The molecule has 0 aliphatic rings. The zero-order valence-corrected chi connectivity index (χ0v) is 9.25. The minimum absolute atomic E-state index is 0.110. The third-order valence-electron chi connectivity index (χ3n) is 1.95. The molecule has 1 unspecified atom stereocenters. The Kier molecular flexibility index (Phi) is 4.01. The van der Waals surface area contributed by atoms with Crippen molar-refractivity contribution in [2.45, 2.75) is 24.7 Å². The Hall–Kier alpha value is -0.960. The number of carbonyl (C=O) groups excluding carboxylic acids is 1. The van der Waals surface area contributed by atoms with E-state index in [1.807, 2.05) is 32.0 Å². The van der Waals surface area contributed by atoms with Crippen LogP contribution in [0.5, 0.6) is 5.75 Å². The summed E-state index contributed by atoms with van der Waals surface area (Å²) < 4.78 is 5.36. The van der Waals surface area contributed by atoms with E-state index in [4.69, 9.17) is 4.74 Å². The van der Waals surface area contributed by atoms with Crippen molar-refractivity contribution >= 4 is 18.9 Å². The first-order valence-corrected chi connectivity index (χ1v) is 5.04. The van der Waals surface area contributed by atoms with Gasteiger partial charge in [0.25, 0.3) is 0 Å². The van der Waals surface area contributed by atoms with Gasteiger partial charge < -0.3 is 9.53 Å². The molecule has 1 atom stereocenters. The first-order chi connectivity index (χ1) is 6.67. The number of hydrogen-bond donors (Lipinski definition) is 1. The highest BCUT2D eigenvalue weighted by Crippen LogP contribution is 2.24. The molecule has 3 heteroatoms. The summed E-state index contributed by atoms with van der Waals surface area (Å²) in [6, 6.07) is 5.60. The van der Waals surface area contributed by atoms with Gasteiger partial charge in [-0.15, -0.1) is 12.6 Å². The highest BCUT2D eigenvalue weighted by molar-refractivity contribution is 7.80. The van der Waals surface area contributed by atoms with Crippen LogP contribution in [0.3, 0.4) is 0 Å². The predicted molar refractivity (Wildman–Crippen MR) is 59.3 cm³/mol. The zero-order valence-electron chi connectivity index (χ0n) is 8.36. The van der Waals surface area contributed by atoms with E-state index in [0.717, 1.165) is 22.5 Å². The quantitative estimate of drug-likeness (QED) is 0.611. The molecule has 0 saturated carbocycles. The van der Waals surface area contributed by atoms with Crippen molar-refractivity contribution in [1.29, 1.82) is 0 Å². The van der Waals surface area contributed by atoms with E-state index in [9.17, 15) is 4.79 Å². The Balaban J connectivity index is 3.00. The lowest BCUT2D eigenvalue weighted by molar-refractivity contribution is -0.108. The minimum atomic E-state index is -0.110. The van der Waals surface area contributed by atoms with Gasteiger partial charge in [0, 0.05) is 10.8 Å². The van der Waals surface area contributed by atoms with E-state index in [0.29, 0.717) is 6.61 Å². The molecule has 0 saturated heterocycles. The number of ether oxygens (including phenoxy) is 1. The van der Waals surface area contributed by atoms with Crippen molar-refractivity contribution in [1.82, 2.24) is 0 Å². The Morgan fingerprint density at radius 3 is 2.79 bits per heavy atom. The SMILES string of the molecule is CCOc1cc(S)cc(C(C)C=O)c1. The van der Waals surface area contributed by atoms with Crippen LogP contribution in [0.4, 0.5) is 0 Å². The van der Waals surface area contributed by atoms with Gasteiger partial charge in [0.2, 0.25) is 0 Å². The average molecular weight is 210 g/mol. The molecule has 0 heterocycles. The molecule has 1 aromatic carbocycles. The molecule has 1 aromatic rings. The number of benzene rings is 1. The standard InChI is InChI=1S/C11H14O2S/c1-3-13-10-4-9(8(2)7-12)5-11(14)6-10/h4-8,14H,3H2,1-2H3. The van der Waals surface area contributed by atoms with Gasteiger partial charge >= 0.3 is 0 Å². The van der Waals surface area contributed by atoms with Gasteiger partial charge in [0.15, 0.2) is 0 Å². The summed E-state index contributed by atoms with van der Waals surface area (Å²) >= 11 is 4.25. The van der Waals surface area contributed by atoms with E-state index >= 15 is 0 Å². The van der Waals surface area contributed by atoms with Crippen LogP contribution >= 0.6 is 12.6 Å². The summed E-state index contributed by atoms with van der Waals surface area (Å²) in [5, 5.41) is 0. The van der Waals surface area contributed by atoms with Gasteiger partial charge in [0.05, 0.1) is 6.61 Å². The van der Waals surface area contributed by atoms with Gasteiger partial charge in [-0.2, -0.15) is 0 Å². The monoisotopic (exact) mass is 210 g/mol. The van der Waals surface area contributed by atoms with Crippen LogP contribution in [0, 0.1) is 0 Å². The summed E-state index contributed by atoms with van der Waals surface area (Å²) in [6.45, 7) is 4.39. The molecule has 0 aliphatic heterocycles. The van der Waals surface area contributed by atoms with Crippen molar-refractivity contribution in [3.8, 4) is 5.75 Å². The van der Waals surface area contributed by atoms with Gasteiger partial charge in [-0.05, 0) is 30.7 Å². The van der Waals surface area contributed by atoms with Gasteiger partial charge in [-0.1, -0.05) is 6.92 Å². The fourth-order valence-electron chi connectivity index (χ4n) is 1.20. The van der Waals surface area contributed by atoms with E-state index in [2.05, 4.69) is 12.6 Å². The molecule has 0 aromatic heterocycles. The lowest BCUT2D eigenvalue weighted by Crippen LogP contribution is -1.97. The molecule has 2 nitrogen and oxygen atoms in total. The Bertz CT molecular complexity index is 323. The molecule has 76 valence electrons. The van der Waals surface area contributed by atoms with Gasteiger partial charge in [-0.3, -0.25) is 0 Å². The lowest BCUT2D eigenvalue weighted by Gasteiger charge is -2.09. The lowest BCUT2D eigenvalue weighted by atomic mass is 10.0. The van der Waals surface area contributed by atoms with E-state index in [1.165, 1.54) is 0 Å². The smallest absolute Gasteiger partial charge is 0.127 e. The summed E-state index contributed by atoms with van der Waals surface area (Å²) in [7, 11) is 0. The number of thiol groups is 1. The van der Waals surface area contributed by atoms with Crippen molar-refractivity contribution in [3.63, 3.8) is 0 Å². The predicted octanol–water partition coefficient (Wildman–Crippen LogP) is 2.68. The van der Waals surface area contributed by atoms with Crippen molar-refractivity contribution in [2.24, 2.45) is 0 Å². The minimum Gasteiger partial charge on any atom is -0.494 e. The first kappa shape index (κ1) is 11.1. The summed E-state index contributed by atoms with van der Waals surface area (Å²) in [5.41, 5.74) is 0.941. The molecular weight excluding hydrogens is 196 g/mol. The van der Waals surface area contributed by atoms with E-state index in [-0.39, 0.29) is 5.92 Å². The van der Waals surface area contributed by atoms with Crippen molar-refractivity contribution in [3.05, 3.63) is 23.8 Å². The molecule has 0 bridgehead atoms. The molecule has 0 radical (unpaired) electrons. The first-order valence-electron chi connectivity index (χ1n) is 4.59. The number of rotatable bonds is 4. The molecule has 0 spiro atoms. The molecule has 0 aliphatic carbocycles. The van der Waals surface area contributed by atoms with Crippen molar-refractivity contribution in [2.75, 3.05) is 6.61 Å². The van der Waals surface area contributed by atoms with Crippen LogP contribution in [0.2, 0.25) is 0 Å². The topological polar surface area (TPSA) is 26.3 Å². The Labute approximate surface area is 89.7 Å². The fourth-order valence-corrected chi connectivity index (χ4v) is 1.47. The normalized spacial score (nSPS) is 12.2. The van der Waals surface area contributed by atoms with Crippen LogP contribution in [-0.2, 0) is 4.79 Å². The zero-order chi connectivity index (χ0) is 10.6. The maximum absolute atomic E-state index is 10.6. The molecule has 0 fully saturated rings. The highest BCUT2D eigenvalue weighted by atomic mass is 32.1. The van der Waals surface area contributed by atoms with Gasteiger partial charge in [-0.25, -0.2) is 0 Å². The molecule has 0 amide bonds.